The Labute approximate surface area is 206 Å². The lowest BCUT2D eigenvalue weighted by Crippen LogP contribution is -2.23. The second-order valence-electron chi connectivity index (χ2n) is 8.74. The molecule has 7 nitrogen and oxygen atoms in total. The third-order valence-corrected chi connectivity index (χ3v) is 6.97. The number of hydrogen-bond acceptors (Lipinski definition) is 7. The van der Waals surface area contributed by atoms with Crippen LogP contribution in [-0.4, -0.2) is 28.9 Å². The van der Waals surface area contributed by atoms with Crippen LogP contribution in [0, 0.1) is 0 Å². The molecule has 0 amide bonds. The van der Waals surface area contributed by atoms with Gasteiger partial charge >= 0.3 is 5.97 Å². The first kappa shape index (κ1) is 23.3. The number of nitrogens with zero attached hydrogens (tertiary/aromatic N) is 2. The number of hydrogen-bond donors (Lipinski definition) is 0. The van der Waals surface area contributed by atoms with Crippen molar-refractivity contribution in [2.75, 3.05) is 13.4 Å². The standard InChI is InChI=1S/C27H26N2O5S/c1-4-33-27(31)19-9-20(24-21(10-19)12-32-15-34-24)11-29-14-28-25-23(26(29)30)22(13-35-25)18-7-5-17(6-8-18)16(2)3/h5-10,13-14,16H,4,11-12,15H2,1-3H3. The number of thiophene rings is 1. The average Bonchev–Trinajstić information content (AvgIpc) is 3.31. The zero-order valence-corrected chi connectivity index (χ0v) is 20.7. The molecule has 180 valence electrons. The van der Waals surface area contributed by atoms with E-state index in [9.17, 15) is 9.59 Å². The highest BCUT2D eigenvalue weighted by molar-refractivity contribution is 7.17. The predicted octanol–water partition coefficient (Wildman–Crippen LogP) is 5.34. The lowest BCUT2D eigenvalue weighted by molar-refractivity contribution is -0.0171. The number of esters is 1. The molecule has 8 heteroatoms. The Hall–Kier alpha value is -3.49. The summed E-state index contributed by atoms with van der Waals surface area (Å²) >= 11 is 1.46. The van der Waals surface area contributed by atoms with Gasteiger partial charge in [0.2, 0.25) is 0 Å². The first-order chi connectivity index (χ1) is 17.0. The van der Waals surface area contributed by atoms with E-state index in [1.165, 1.54) is 16.9 Å². The molecule has 0 saturated heterocycles. The van der Waals surface area contributed by atoms with Crippen molar-refractivity contribution in [3.63, 3.8) is 0 Å². The molecule has 0 spiro atoms. The molecule has 5 rings (SSSR count). The van der Waals surface area contributed by atoms with E-state index < -0.39 is 5.97 Å². The number of carbonyl (C=O) groups excluding carboxylic acids is 1. The van der Waals surface area contributed by atoms with Gasteiger partial charge in [0.25, 0.3) is 5.56 Å². The van der Waals surface area contributed by atoms with Gasteiger partial charge in [-0.15, -0.1) is 11.3 Å². The van der Waals surface area contributed by atoms with E-state index in [1.807, 2.05) is 5.38 Å². The van der Waals surface area contributed by atoms with Crippen molar-refractivity contribution in [1.82, 2.24) is 9.55 Å². The fourth-order valence-corrected chi connectivity index (χ4v) is 5.18. The summed E-state index contributed by atoms with van der Waals surface area (Å²) in [5, 5.41) is 2.58. The molecule has 0 fully saturated rings. The number of benzene rings is 2. The highest BCUT2D eigenvalue weighted by Crippen LogP contribution is 2.33. The third kappa shape index (κ3) is 4.47. The maximum absolute atomic E-state index is 13.6. The summed E-state index contributed by atoms with van der Waals surface area (Å²) in [5.41, 5.74) is 4.83. The third-order valence-electron chi connectivity index (χ3n) is 6.09. The number of aromatic nitrogens is 2. The van der Waals surface area contributed by atoms with Gasteiger partial charge in [-0.05, 0) is 36.1 Å². The van der Waals surface area contributed by atoms with Crippen molar-refractivity contribution in [3.05, 3.63) is 80.7 Å². The van der Waals surface area contributed by atoms with Crippen LogP contribution in [0.5, 0.6) is 5.75 Å². The van der Waals surface area contributed by atoms with Gasteiger partial charge in [-0.3, -0.25) is 9.36 Å². The van der Waals surface area contributed by atoms with Gasteiger partial charge in [-0.25, -0.2) is 9.78 Å². The first-order valence-electron chi connectivity index (χ1n) is 11.6. The molecule has 2 aromatic carbocycles. The average molecular weight is 491 g/mol. The Balaban J connectivity index is 1.57. The van der Waals surface area contributed by atoms with Crippen molar-refractivity contribution < 1.29 is 19.0 Å². The molecule has 3 heterocycles. The van der Waals surface area contributed by atoms with Crippen LogP contribution in [0.3, 0.4) is 0 Å². The monoisotopic (exact) mass is 490 g/mol. The van der Waals surface area contributed by atoms with E-state index >= 15 is 0 Å². The highest BCUT2D eigenvalue weighted by Gasteiger charge is 2.21. The molecular weight excluding hydrogens is 464 g/mol. The molecule has 0 saturated carbocycles. The Morgan fingerprint density at radius 2 is 2.03 bits per heavy atom. The number of ether oxygens (including phenoxy) is 3. The van der Waals surface area contributed by atoms with E-state index in [0.717, 1.165) is 16.7 Å². The van der Waals surface area contributed by atoms with Crippen LogP contribution in [0.1, 0.15) is 53.7 Å². The maximum Gasteiger partial charge on any atom is 0.338 e. The summed E-state index contributed by atoms with van der Waals surface area (Å²) in [4.78, 5) is 31.3. The summed E-state index contributed by atoms with van der Waals surface area (Å²) in [6, 6.07) is 11.8. The summed E-state index contributed by atoms with van der Waals surface area (Å²) in [7, 11) is 0. The molecule has 0 N–H and O–H groups in total. The SMILES string of the molecule is CCOC(=O)c1cc2c(c(Cn3cnc4scc(-c5ccc(C(C)C)cc5)c4c3=O)c1)OCOC2. The van der Waals surface area contributed by atoms with E-state index in [4.69, 9.17) is 14.2 Å². The molecule has 1 aliphatic rings. The fraction of sp³-hybridized carbons (Fsp3) is 0.296. The van der Waals surface area contributed by atoms with Gasteiger partial charge in [-0.1, -0.05) is 38.1 Å². The lowest BCUT2D eigenvalue weighted by Gasteiger charge is -2.22. The van der Waals surface area contributed by atoms with Crippen molar-refractivity contribution in [2.45, 2.75) is 39.8 Å². The first-order valence-corrected chi connectivity index (χ1v) is 12.4. The molecule has 0 bridgehead atoms. The van der Waals surface area contributed by atoms with Gasteiger partial charge in [-0.2, -0.15) is 0 Å². The highest BCUT2D eigenvalue weighted by atomic mass is 32.1. The van der Waals surface area contributed by atoms with E-state index in [2.05, 4.69) is 43.1 Å². The number of fused-ring (bicyclic) bond motifs is 2. The zero-order chi connectivity index (χ0) is 24.5. The van der Waals surface area contributed by atoms with Crippen LogP contribution in [0.15, 0.2) is 52.9 Å². The molecule has 0 atom stereocenters. The summed E-state index contributed by atoms with van der Waals surface area (Å²) in [5.74, 6) is 0.644. The molecule has 35 heavy (non-hydrogen) atoms. The van der Waals surface area contributed by atoms with E-state index in [1.54, 1.807) is 30.0 Å². The minimum Gasteiger partial charge on any atom is -0.467 e. The second-order valence-corrected chi connectivity index (χ2v) is 9.60. The summed E-state index contributed by atoms with van der Waals surface area (Å²) < 4.78 is 17.9. The van der Waals surface area contributed by atoms with Gasteiger partial charge in [0.1, 0.15) is 10.6 Å². The van der Waals surface area contributed by atoms with Gasteiger partial charge < -0.3 is 14.2 Å². The molecular formula is C27H26N2O5S. The minimum atomic E-state index is -0.423. The van der Waals surface area contributed by atoms with Crippen LogP contribution in [0.2, 0.25) is 0 Å². The van der Waals surface area contributed by atoms with Crippen molar-refractivity contribution in [2.24, 2.45) is 0 Å². The molecule has 0 radical (unpaired) electrons. The Bertz CT molecular complexity index is 1450. The van der Waals surface area contributed by atoms with Gasteiger partial charge in [0, 0.05) is 22.1 Å². The smallest absolute Gasteiger partial charge is 0.338 e. The van der Waals surface area contributed by atoms with Crippen LogP contribution in [-0.2, 0) is 22.6 Å². The van der Waals surface area contributed by atoms with Crippen molar-refractivity contribution in [1.29, 1.82) is 0 Å². The van der Waals surface area contributed by atoms with Crippen LogP contribution in [0.25, 0.3) is 21.3 Å². The Morgan fingerprint density at radius 1 is 1.23 bits per heavy atom. The molecule has 2 aromatic heterocycles. The summed E-state index contributed by atoms with van der Waals surface area (Å²) in [6.07, 6.45) is 1.55. The van der Waals surface area contributed by atoms with Crippen LogP contribution < -0.4 is 10.3 Å². The van der Waals surface area contributed by atoms with Crippen molar-refractivity contribution in [3.8, 4) is 16.9 Å². The van der Waals surface area contributed by atoms with E-state index in [0.29, 0.717) is 39.6 Å². The Kier molecular flexibility index (Phi) is 6.40. The van der Waals surface area contributed by atoms with Crippen LogP contribution >= 0.6 is 11.3 Å². The largest absolute Gasteiger partial charge is 0.467 e. The topological polar surface area (TPSA) is 79.7 Å². The lowest BCUT2D eigenvalue weighted by atomic mass is 9.99. The minimum absolute atomic E-state index is 0.117. The Morgan fingerprint density at radius 3 is 2.77 bits per heavy atom. The predicted molar refractivity (Wildman–Crippen MR) is 135 cm³/mol. The van der Waals surface area contributed by atoms with Gasteiger partial charge in [0.15, 0.2) is 6.79 Å². The maximum atomic E-state index is 13.6. The van der Waals surface area contributed by atoms with Gasteiger partial charge in [0.05, 0.1) is 37.0 Å². The fourth-order valence-electron chi connectivity index (χ4n) is 4.27. The van der Waals surface area contributed by atoms with E-state index in [-0.39, 0.29) is 25.5 Å². The second kappa shape index (κ2) is 9.64. The zero-order valence-electron chi connectivity index (χ0n) is 19.9. The molecule has 0 aliphatic carbocycles. The van der Waals surface area contributed by atoms with Crippen LogP contribution in [0.4, 0.5) is 0 Å². The number of rotatable bonds is 6. The molecule has 0 unspecified atom stereocenters. The molecule has 1 aliphatic heterocycles. The number of carbonyl (C=O) groups is 1. The van der Waals surface area contributed by atoms with Crippen molar-refractivity contribution >= 4 is 27.5 Å². The summed E-state index contributed by atoms with van der Waals surface area (Å²) in [6.45, 7) is 7.00. The molecule has 4 aromatic rings. The normalized spacial score (nSPS) is 13.0. The quantitative estimate of drug-likeness (QED) is 0.340.